The lowest BCUT2D eigenvalue weighted by Gasteiger charge is -2.17. The van der Waals surface area contributed by atoms with E-state index in [1.165, 1.54) is 12.7 Å². The first-order chi connectivity index (χ1) is 14.1. The van der Waals surface area contributed by atoms with Crippen molar-refractivity contribution in [2.75, 3.05) is 30.9 Å². The monoisotopic (exact) mass is 391 g/mol. The standard InChI is InChI=1S/C21H21N5O3/c1-26(14-11-15-9-12-22-13-10-15)19-8-7-18(24-25-19)20(27)23-17-6-4-3-5-16(17)21(28)29-2/h3-10,12-13H,11,14H2,1-2H3,(H,23,27). The summed E-state index contributed by atoms with van der Waals surface area (Å²) in [4.78, 5) is 30.3. The number of likely N-dealkylation sites (N-methyl/N-ethyl adjacent to an activating group) is 1. The van der Waals surface area contributed by atoms with Gasteiger partial charge in [0, 0.05) is 26.0 Å². The number of methoxy groups -OCH3 is 1. The number of hydrogen-bond donors (Lipinski definition) is 1. The number of amides is 1. The van der Waals surface area contributed by atoms with Crippen LogP contribution in [0.2, 0.25) is 0 Å². The van der Waals surface area contributed by atoms with E-state index in [0.717, 1.165) is 13.0 Å². The Kier molecular flexibility index (Phi) is 6.47. The molecule has 2 heterocycles. The van der Waals surface area contributed by atoms with Crippen molar-refractivity contribution in [3.8, 4) is 0 Å². The summed E-state index contributed by atoms with van der Waals surface area (Å²) in [7, 11) is 3.20. The third-order valence-corrected chi connectivity index (χ3v) is 4.34. The van der Waals surface area contributed by atoms with Gasteiger partial charge in [0.25, 0.3) is 5.91 Å². The number of aromatic nitrogens is 3. The number of nitrogens with one attached hydrogen (secondary N) is 1. The molecular formula is C21H21N5O3. The predicted octanol–water partition coefficient (Wildman–Crippen LogP) is 2.59. The Morgan fingerprint density at radius 1 is 1.03 bits per heavy atom. The third kappa shape index (κ3) is 5.13. The zero-order valence-corrected chi connectivity index (χ0v) is 16.2. The van der Waals surface area contributed by atoms with Crippen LogP contribution in [-0.2, 0) is 11.2 Å². The number of esters is 1. The van der Waals surface area contributed by atoms with Crippen LogP contribution in [0.25, 0.3) is 0 Å². The minimum atomic E-state index is -0.529. The van der Waals surface area contributed by atoms with Crippen LogP contribution in [0, 0.1) is 0 Å². The van der Waals surface area contributed by atoms with Crippen molar-refractivity contribution in [2.45, 2.75) is 6.42 Å². The minimum absolute atomic E-state index is 0.149. The molecule has 0 saturated carbocycles. The first-order valence-electron chi connectivity index (χ1n) is 9.01. The molecule has 0 atom stereocenters. The second kappa shape index (κ2) is 9.41. The fourth-order valence-electron chi connectivity index (χ4n) is 2.68. The molecule has 8 nitrogen and oxygen atoms in total. The van der Waals surface area contributed by atoms with E-state index in [2.05, 4.69) is 20.5 Å². The van der Waals surface area contributed by atoms with Gasteiger partial charge in [-0.1, -0.05) is 12.1 Å². The molecule has 0 unspecified atom stereocenters. The number of carbonyl (C=O) groups excluding carboxylic acids is 2. The third-order valence-electron chi connectivity index (χ3n) is 4.34. The molecule has 0 aliphatic heterocycles. The molecule has 8 heteroatoms. The molecule has 148 valence electrons. The van der Waals surface area contributed by atoms with Crippen LogP contribution in [0.1, 0.15) is 26.4 Å². The van der Waals surface area contributed by atoms with Crippen molar-refractivity contribution in [2.24, 2.45) is 0 Å². The summed E-state index contributed by atoms with van der Waals surface area (Å²) in [5.41, 5.74) is 1.95. The lowest BCUT2D eigenvalue weighted by molar-refractivity contribution is 0.0602. The first-order valence-corrected chi connectivity index (χ1v) is 9.01. The Hall–Kier alpha value is -3.81. The molecule has 0 aliphatic carbocycles. The zero-order valence-electron chi connectivity index (χ0n) is 16.2. The van der Waals surface area contributed by atoms with Gasteiger partial charge in [0.1, 0.15) is 0 Å². The quantitative estimate of drug-likeness (QED) is 0.618. The minimum Gasteiger partial charge on any atom is -0.465 e. The summed E-state index contributed by atoms with van der Waals surface area (Å²) in [6, 6.07) is 13.9. The number of pyridine rings is 1. The van der Waals surface area contributed by atoms with E-state index in [9.17, 15) is 9.59 Å². The Morgan fingerprint density at radius 3 is 2.48 bits per heavy atom. The SMILES string of the molecule is COC(=O)c1ccccc1NC(=O)c1ccc(N(C)CCc2ccncc2)nn1. The summed E-state index contributed by atoms with van der Waals surface area (Å²) < 4.78 is 4.73. The molecule has 1 aromatic carbocycles. The first kappa shape index (κ1) is 19.9. The van der Waals surface area contributed by atoms with Gasteiger partial charge in [0.05, 0.1) is 18.4 Å². The maximum Gasteiger partial charge on any atom is 0.339 e. The molecule has 1 amide bonds. The van der Waals surface area contributed by atoms with E-state index in [0.29, 0.717) is 11.5 Å². The fourth-order valence-corrected chi connectivity index (χ4v) is 2.68. The Balaban J connectivity index is 1.64. The van der Waals surface area contributed by atoms with E-state index in [4.69, 9.17) is 4.74 Å². The van der Waals surface area contributed by atoms with Crippen molar-refractivity contribution in [1.82, 2.24) is 15.2 Å². The summed E-state index contributed by atoms with van der Waals surface area (Å²) in [5, 5.41) is 10.8. The van der Waals surface area contributed by atoms with Crippen LogP contribution in [0.15, 0.2) is 60.9 Å². The molecule has 3 aromatic rings. The van der Waals surface area contributed by atoms with Gasteiger partial charge in [-0.2, -0.15) is 0 Å². The lowest BCUT2D eigenvalue weighted by atomic mass is 10.1. The van der Waals surface area contributed by atoms with Gasteiger partial charge in [-0.25, -0.2) is 4.79 Å². The van der Waals surface area contributed by atoms with Crippen LogP contribution in [0.5, 0.6) is 0 Å². The second-order valence-electron chi connectivity index (χ2n) is 6.30. The molecule has 0 spiro atoms. The van der Waals surface area contributed by atoms with E-state index in [1.807, 2.05) is 24.1 Å². The molecule has 0 bridgehead atoms. The Bertz CT molecular complexity index is 977. The second-order valence-corrected chi connectivity index (χ2v) is 6.30. The highest BCUT2D eigenvalue weighted by Crippen LogP contribution is 2.17. The Labute approximate surface area is 168 Å². The van der Waals surface area contributed by atoms with Gasteiger partial charge in [-0.15, -0.1) is 10.2 Å². The smallest absolute Gasteiger partial charge is 0.339 e. The summed E-state index contributed by atoms with van der Waals surface area (Å²) in [6.07, 6.45) is 4.37. The summed E-state index contributed by atoms with van der Waals surface area (Å²) in [6.45, 7) is 0.747. The van der Waals surface area contributed by atoms with Crippen molar-refractivity contribution >= 4 is 23.4 Å². The van der Waals surface area contributed by atoms with Crippen LogP contribution in [-0.4, -0.2) is 47.8 Å². The number of rotatable bonds is 7. The largest absolute Gasteiger partial charge is 0.465 e. The molecule has 29 heavy (non-hydrogen) atoms. The molecule has 0 saturated heterocycles. The van der Waals surface area contributed by atoms with Crippen molar-refractivity contribution in [1.29, 1.82) is 0 Å². The maximum absolute atomic E-state index is 12.5. The van der Waals surface area contributed by atoms with Crippen LogP contribution in [0.3, 0.4) is 0 Å². The number of nitrogens with zero attached hydrogens (tertiary/aromatic N) is 4. The number of hydrogen-bond acceptors (Lipinski definition) is 7. The Morgan fingerprint density at radius 2 is 1.79 bits per heavy atom. The molecule has 1 N–H and O–H groups in total. The van der Waals surface area contributed by atoms with Gasteiger partial charge in [0.15, 0.2) is 11.5 Å². The molecular weight excluding hydrogens is 370 g/mol. The lowest BCUT2D eigenvalue weighted by Crippen LogP contribution is -2.23. The van der Waals surface area contributed by atoms with Gasteiger partial charge in [-0.05, 0) is 48.4 Å². The number of carbonyl (C=O) groups is 2. The van der Waals surface area contributed by atoms with Gasteiger partial charge in [-0.3, -0.25) is 9.78 Å². The molecule has 0 aliphatic rings. The molecule has 3 rings (SSSR count). The number of anilines is 2. The van der Waals surface area contributed by atoms with Crippen LogP contribution < -0.4 is 10.2 Å². The normalized spacial score (nSPS) is 10.3. The van der Waals surface area contributed by atoms with Crippen LogP contribution >= 0.6 is 0 Å². The predicted molar refractivity (Wildman–Crippen MR) is 109 cm³/mol. The van der Waals surface area contributed by atoms with E-state index in [1.54, 1.807) is 48.8 Å². The maximum atomic E-state index is 12.5. The number of ether oxygens (including phenoxy) is 1. The summed E-state index contributed by atoms with van der Waals surface area (Å²) >= 11 is 0. The van der Waals surface area contributed by atoms with Crippen molar-refractivity contribution < 1.29 is 14.3 Å². The summed E-state index contributed by atoms with van der Waals surface area (Å²) in [5.74, 6) is -0.330. The highest BCUT2D eigenvalue weighted by Gasteiger charge is 2.15. The number of para-hydroxylation sites is 1. The number of benzene rings is 1. The highest BCUT2D eigenvalue weighted by atomic mass is 16.5. The van der Waals surface area contributed by atoms with Crippen LogP contribution in [0.4, 0.5) is 11.5 Å². The highest BCUT2D eigenvalue weighted by molar-refractivity contribution is 6.07. The van der Waals surface area contributed by atoms with Gasteiger partial charge < -0.3 is 15.0 Å². The average molecular weight is 391 g/mol. The zero-order chi connectivity index (χ0) is 20.6. The fraction of sp³-hybridized carbons (Fsp3) is 0.190. The molecule has 0 fully saturated rings. The van der Waals surface area contributed by atoms with E-state index in [-0.39, 0.29) is 11.3 Å². The van der Waals surface area contributed by atoms with E-state index >= 15 is 0 Å². The van der Waals surface area contributed by atoms with Crippen molar-refractivity contribution in [3.63, 3.8) is 0 Å². The molecule has 0 radical (unpaired) electrons. The van der Waals surface area contributed by atoms with E-state index < -0.39 is 11.9 Å². The van der Waals surface area contributed by atoms with Crippen molar-refractivity contribution in [3.05, 3.63) is 77.7 Å². The van der Waals surface area contributed by atoms with Gasteiger partial charge >= 0.3 is 5.97 Å². The van der Waals surface area contributed by atoms with Gasteiger partial charge in [0.2, 0.25) is 0 Å². The topological polar surface area (TPSA) is 97.3 Å². The average Bonchev–Trinajstić information content (AvgIpc) is 2.78. The molecule has 2 aromatic heterocycles.